The van der Waals surface area contributed by atoms with Gasteiger partial charge < -0.3 is 18.9 Å². The average Bonchev–Trinajstić information content (AvgIpc) is 2.76. The summed E-state index contributed by atoms with van der Waals surface area (Å²) in [6.45, 7) is 5.96. The van der Waals surface area contributed by atoms with Gasteiger partial charge >= 0.3 is 5.97 Å². The second-order valence-corrected chi connectivity index (χ2v) is 8.08. The van der Waals surface area contributed by atoms with Gasteiger partial charge in [-0.15, -0.1) is 0 Å². The quantitative estimate of drug-likeness (QED) is 0.444. The molecule has 0 unspecified atom stereocenters. The molecule has 160 valence electrons. The molecule has 0 saturated heterocycles. The number of fused-ring (bicyclic) bond motifs is 1. The van der Waals surface area contributed by atoms with Crippen molar-refractivity contribution in [2.24, 2.45) is 0 Å². The molecular weight excluding hydrogens is 410 g/mol. The van der Waals surface area contributed by atoms with Crippen LogP contribution >= 0.6 is 0 Å². The summed E-state index contributed by atoms with van der Waals surface area (Å²) in [5.41, 5.74) is 0.295. The van der Waals surface area contributed by atoms with Crippen molar-refractivity contribution in [1.29, 1.82) is 0 Å². The molecule has 1 aliphatic rings. The molecule has 1 heterocycles. The molecule has 30 heavy (non-hydrogen) atoms. The maximum atomic E-state index is 13.4. The predicted octanol–water partition coefficient (Wildman–Crippen LogP) is 2.78. The van der Waals surface area contributed by atoms with Gasteiger partial charge in [0, 0.05) is 6.07 Å². The van der Waals surface area contributed by atoms with Gasteiger partial charge in [-0.3, -0.25) is 9.10 Å². The molecule has 0 atom stereocenters. The van der Waals surface area contributed by atoms with Crippen molar-refractivity contribution in [3.63, 3.8) is 0 Å². The molecular formula is C21H23NO7S. The molecule has 1 aliphatic heterocycles. The lowest BCUT2D eigenvalue weighted by atomic mass is 10.3. The van der Waals surface area contributed by atoms with E-state index in [1.165, 1.54) is 18.2 Å². The zero-order valence-electron chi connectivity index (χ0n) is 16.6. The first-order chi connectivity index (χ1) is 14.5. The van der Waals surface area contributed by atoms with Crippen molar-refractivity contribution in [3.05, 3.63) is 55.1 Å². The molecule has 3 rings (SSSR count). The Balaban J connectivity index is 1.96. The van der Waals surface area contributed by atoms with Crippen LogP contribution in [0, 0.1) is 0 Å². The van der Waals surface area contributed by atoms with Crippen molar-refractivity contribution in [1.82, 2.24) is 0 Å². The maximum absolute atomic E-state index is 13.4. The van der Waals surface area contributed by atoms with Crippen LogP contribution in [0.2, 0.25) is 0 Å². The fourth-order valence-corrected chi connectivity index (χ4v) is 4.24. The van der Waals surface area contributed by atoms with Crippen molar-refractivity contribution >= 4 is 21.7 Å². The number of rotatable bonds is 9. The molecule has 2 aromatic rings. The van der Waals surface area contributed by atoms with E-state index in [0.29, 0.717) is 42.8 Å². The number of sulfonamides is 1. The first-order valence-corrected chi connectivity index (χ1v) is 10.8. The van der Waals surface area contributed by atoms with Crippen LogP contribution in [0.15, 0.2) is 60.0 Å². The topological polar surface area (TPSA) is 91.4 Å². The van der Waals surface area contributed by atoms with E-state index in [4.69, 9.17) is 18.9 Å². The maximum Gasteiger partial charge on any atom is 0.326 e. The highest BCUT2D eigenvalue weighted by Crippen LogP contribution is 2.34. The van der Waals surface area contributed by atoms with Gasteiger partial charge in [-0.25, -0.2) is 8.42 Å². The first-order valence-electron chi connectivity index (χ1n) is 9.37. The summed E-state index contributed by atoms with van der Waals surface area (Å²) in [5.74, 6) is 0.699. The van der Waals surface area contributed by atoms with Gasteiger partial charge in [-0.1, -0.05) is 12.7 Å². The molecule has 0 radical (unpaired) electrons. The minimum Gasteiger partial charge on any atom is -0.490 e. The van der Waals surface area contributed by atoms with E-state index in [2.05, 4.69) is 6.58 Å². The summed E-state index contributed by atoms with van der Waals surface area (Å²) in [6.07, 6.45) is 1.60. The van der Waals surface area contributed by atoms with Gasteiger partial charge in [-0.05, 0) is 43.3 Å². The van der Waals surface area contributed by atoms with Gasteiger partial charge in [0.15, 0.2) is 11.5 Å². The number of hydrogen-bond donors (Lipinski definition) is 0. The molecule has 0 N–H and O–H groups in total. The van der Waals surface area contributed by atoms with Crippen LogP contribution in [0.5, 0.6) is 17.2 Å². The SMILES string of the molecule is C=CCOc1ccc(N(CC(=O)OCC)S(=O)(=O)c2ccc3c(c2)OCCO3)cc1. The van der Waals surface area contributed by atoms with Crippen LogP contribution < -0.4 is 18.5 Å². The number of esters is 1. The smallest absolute Gasteiger partial charge is 0.326 e. The van der Waals surface area contributed by atoms with E-state index in [-0.39, 0.29) is 11.5 Å². The molecule has 0 aromatic heterocycles. The van der Waals surface area contributed by atoms with Gasteiger partial charge in [-0.2, -0.15) is 0 Å². The van der Waals surface area contributed by atoms with E-state index in [1.54, 1.807) is 37.3 Å². The fraction of sp³-hybridized carbons (Fsp3) is 0.286. The Morgan fingerprint density at radius 2 is 1.83 bits per heavy atom. The lowest BCUT2D eigenvalue weighted by molar-refractivity contribution is -0.141. The molecule has 8 nitrogen and oxygen atoms in total. The van der Waals surface area contributed by atoms with E-state index in [1.807, 2.05) is 0 Å². The summed E-state index contributed by atoms with van der Waals surface area (Å²) in [5, 5.41) is 0. The molecule has 0 aliphatic carbocycles. The van der Waals surface area contributed by atoms with E-state index >= 15 is 0 Å². The Hall–Kier alpha value is -3.20. The largest absolute Gasteiger partial charge is 0.490 e. The number of carbonyl (C=O) groups is 1. The summed E-state index contributed by atoms with van der Waals surface area (Å²) in [7, 11) is -4.09. The van der Waals surface area contributed by atoms with Crippen molar-refractivity contribution in [3.8, 4) is 17.2 Å². The summed E-state index contributed by atoms with van der Waals surface area (Å²) in [4.78, 5) is 12.1. The Morgan fingerprint density at radius 1 is 1.13 bits per heavy atom. The van der Waals surface area contributed by atoms with Crippen LogP contribution in [-0.4, -0.2) is 47.4 Å². The predicted molar refractivity (Wildman–Crippen MR) is 111 cm³/mol. The lowest BCUT2D eigenvalue weighted by Crippen LogP contribution is -2.36. The van der Waals surface area contributed by atoms with Crippen LogP contribution in [0.3, 0.4) is 0 Å². The zero-order chi connectivity index (χ0) is 21.6. The molecule has 0 spiro atoms. The molecule has 2 aromatic carbocycles. The molecule has 0 saturated carbocycles. The van der Waals surface area contributed by atoms with Crippen molar-refractivity contribution < 1.29 is 32.2 Å². The fourth-order valence-electron chi connectivity index (χ4n) is 2.81. The van der Waals surface area contributed by atoms with E-state index in [0.717, 1.165) is 4.31 Å². The second-order valence-electron chi connectivity index (χ2n) is 6.22. The minimum absolute atomic E-state index is 0.0250. The van der Waals surface area contributed by atoms with Crippen LogP contribution in [0.1, 0.15) is 6.92 Å². The van der Waals surface area contributed by atoms with Crippen molar-refractivity contribution in [2.75, 3.05) is 37.3 Å². The number of carbonyl (C=O) groups excluding carboxylic acids is 1. The van der Waals surface area contributed by atoms with Crippen molar-refractivity contribution in [2.45, 2.75) is 11.8 Å². The Labute approximate surface area is 175 Å². The highest BCUT2D eigenvalue weighted by Gasteiger charge is 2.29. The monoisotopic (exact) mass is 433 g/mol. The van der Waals surface area contributed by atoms with E-state index in [9.17, 15) is 13.2 Å². The first kappa shape index (κ1) is 21.5. The molecule has 0 amide bonds. The van der Waals surface area contributed by atoms with Gasteiger partial charge in [0.1, 0.15) is 32.1 Å². The normalized spacial score (nSPS) is 12.7. The number of hydrogen-bond acceptors (Lipinski definition) is 7. The number of anilines is 1. The zero-order valence-corrected chi connectivity index (χ0v) is 17.4. The summed E-state index contributed by atoms with van der Waals surface area (Å²) in [6, 6.07) is 10.7. The third-order valence-electron chi connectivity index (χ3n) is 4.17. The molecule has 0 fully saturated rings. The van der Waals surface area contributed by atoms with Crippen LogP contribution in [-0.2, 0) is 19.6 Å². The van der Waals surface area contributed by atoms with Crippen LogP contribution in [0.25, 0.3) is 0 Å². The number of benzene rings is 2. The minimum atomic E-state index is -4.09. The highest BCUT2D eigenvalue weighted by atomic mass is 32.2. The van der Waals surface area contributed by atoms with E-state index < -0.39 is 22.5 Å². The molecule has 0 bridgehead atoms. The Bertz CT molecular complexity index is 1000. The summed E-state index contributed by atoms with van der Waals surface area (Å²) >= 11 is 0. The second kappa shape index (κ2) is 9.53. The third kappa shape index (κ3) is 4.85. The molecule has 9 heteroatoms. The third-order valence-corrected chi connectivity index (χ3v) is 5.94. The average molecular weight is 433 g/mol. The Morgan fingerprint density at radius 3 is 2.50 bits per heavy atom. The van der Waals surface area contributed by atoms with Gasteiger partial charge in [0.2, 0.25) is 0 Å². The lowest BCUT2D eigenvalue weighted by Gasteiger charge is -2.25. The van der Waals surface area contributed by atoms with Gasteiger partial charge in [0.05, 0.1) is 17.2 Å². The highest BCUT2D eigenvalue weighted by molar-refractivity contribution is 7.92. The summed E-state index contributed by atoms with van der Waals surface area (Å²) < 4.78 is 49.1. The number of nitrogens with zero attached hydrogens (tertiary/aromatic N) is 1. The van der Waals surface area contributed by atoms with Gasteiger partial charge in [0.25, 0.3) is 10.0 Å². The van der Waals surface area contributed by atoms with Crippen LogP contribution in [0.4, 0.5) is 5.69 Å². The Kier molecular flexibility index (Phi) is 6.83. The number of ether oxygens (including phenoxy) is 4. The standard InChI is InChI=1S/C21H23NO7S/c1-3-11-27-17-7-5-16(6-8-17)22(15-21(23)26-4-2)30(24,25)18-9-10-19-20(14-18)29-13-12-28-19/h3,5-10,14H,1,4,11-13,15H2,2H3.